The number of hydrogen-bond donors (Lipinski definition) is 1. The Bertz CT molecular complexity index is 1060. The number of benzene rings is 1. The lowest BCUT2D eigenvalue weighted by atomic mass is 10.1. The number of tetrazole rings is 1. The number of nitrogens with one attached hydrogen (secondary N) is 1. The van der Waals surface area contributed by atoms with Crippen LogP contribution in [-0.2, 0) is 9.47 Å². The van der Waals surface area contributed by atoms with Crippen LogP contribution < -0.4 is 0 Å². The minimum Gasteiger partial charge on any atom is -0.462 e. The van der Waals surface area contributed by atoms with Crippen LogP contribution in [0.3, 0.4) is 0 Å². The van der Waals surface area contributed by atoms with Gasteiger partial charge in [0.1, 0.15) is 6.33 Å². The fourth-order valence-electron chi connectivity index (χ4n) is 2.93. The van der Waals surface area contributed by atoms with E-state index in [1.165, 1.54) is 11.0 Å². The first-order valence-corrected chi connectivity index (χ1v) is 8.82. The summed E-state index contributed by atoms with van der Waals surface area (Å²) in [6, 6.07) is 6.46. The van der Waals surface area contributed by atoms with E-state index in [4.69, 9.17) is 9.47 Å². The number of aryl methyl sites for hydroxylation is 2. The van der Waals surface area contributed by atoms with Crippen molar-refractivity contribution in [3.05, 3.63) is 58.7 Å². The molecule has 2 heterocycles. The molecule has 10 heteroatoms. The van der Waals surface area contributed by atoms with Crippen LogP contribution in [0, 0.1) is 13.8 Å². The number of aromatic amines is 1. The summed E-state index contributed by atoms with van der Waals surface area (Å²) in [5.41, 5.74) is 2.15. The largest absolute Gasteiger partial charge is 0.462 e. The third-order valence-electron chi connectivity index (χ3n) is 4.16. The molecule has 10 nitrogen and oxygen atoms in total. The first-order chi connectivity index (χ1) is 13.9. The molecule has 0 atom stereocenters. The van der Waals surface area contributed by atoms with Crippen LogP contribution in [0.1, 0.15) is 49.4 Å². The molecule has 0 radical (unpaired) electrons. The maximum Gasteiger partial charge on any atom is 0.340 e. The van der Waals surface area contributed by atoms with Gasteiger partial charge in [0.2, 0.25) is 5.78 Å². The summed E-state index contributed by atoms with van der Waals surface area (Å²) in [7, 11) is 0. The van der Waals surface area contributed by atoms with Gasteiger partial charge in [-0.25, -0.2) is 14.3 Å². The summed E-state index contributed by atoms with van der Waals surface area (Å²) < 4.78 is 11.6. The molecule has 0 aliphatic rings. The van der Waals surface area contributed by atoms with E-state index in [1.807, 2.05) is 0 Å². The summed E-state index contributed by atoms with van der Waals surface area (Å²) in [4.78, 5) is 40.2. The zero-order valence-electron chi connectivity index (χ0n) is 16.1. The summed E-state index contributed by atoms with van der Waals surface area (Å²) >= 11 is 0. The minimum atomic E-state index is -0.684. The van der Waals surface area contributed by atoms with Crippen LogP contribution in [0.15, 0.2) is 30.6 Å². The topological polar surface area (TPSA) is 129 Å². The minimum absolute atomic E-state index is 0.158. The lowest BCUT2D eigenvalue weighted by Gasteiger charge is -2.08. The van der Waals surface area contributed by atoms with Gasteiger partial charge in [0.15, 0.2) is 6.61 Å². The van der Waals surface area contributed by atoms with E-state index in [2.05, 4.69) is 20.5 Å². The maximum absolute atomic E-state index is 12.7. The van der Waals surface area contributed by atoms with E-state index in [9.17, 15) is 14.4 Å². The average Bonchev–Trinajstić information content (AvgIpc) is 3.34. The number of rotatable bonds is 7. The normalized spacial score (nSPS) is 10.6. The SMILES string of the molecule is CCOC(=O)c1c(C)[nH]c(C)c1C(=O)COC(=O)c1cccc(-n2cnnn2)c1. The Morgan fingerprint density at radius 1 is 1.07 bits per heavy atom. The molecule has 29 heavy (non-hydrogen) atoms. The number of esters is 2. The van der Waals surface area contributed by atoms with Gasteiger partial charge in [-0.15, -0.1) is 5.10 Å². The average molecular weight is 397 g/mol. The first kappa shape index (κ1) is 19.9. The number of ether oxygens (including phenoxy) is 2. The van der Waals surface area contributed by atoms with Gasteiger partial charge in [0.25, 0.3) is 0 Å². The molecule has 150 valence electrons. The van der Waals surface area contributed by atoms with Crippen molar-refractivity contribution in [1.29, 1.82) is 0 Å². The molecule has 0 spiro atoms. The van der Waals surface area contributed by atoms with Crippen molar-refractivity contribution < 1.29 is 23.9 Å². The second kappa shape index (κ2) is 8.46. The summed E-state index contributed by atoms with van der Waals surface area (Å²) in [6.07, 6.45) is 1.39. The standard InChI is InChI=1S/C19H19N5O5/c1-4-28-19(27)17-12(3)21-11(2)16(17)15(25)9-29-18(26)13-6-5-7-14(8-13)24-10-20-22-23-24/h5-8,10,21H,4,9H2,1-3H3. The smallest absolute Gasteiger partial charge is 0.340 e. The van der Waals surface area contributed by atoms with Gasteiger partial charge in [-0.1, -0.05) is 6.07 Å². The Morgan fingerprint density at radius 3 is 2.52 bits per heavy atom. The number of carbonyl (C=O) groups excluding carboxylic acids is 3. The molecule has 0 amide bonds. The Morgan fingerprint density at radius 2 is 1.83 bits per heavy atom. The molecule has 0 aliphatic carbocycles. The van der Waals surface area contributed by atoms with Gasteiger partial charge in [0.05, 0.1) is 29.0 Å². The highest BCUT2D eigenvalue weighted by Gasteiger charge is 2.26. The highest BCUT2D eigenvalue weighted by Crippen LogP contribution is 2.20. The number of H-pyrrole nitrogens is 1. The number of carbonyl (C=O) groups is 3. The van der Waals surface area contributed by atoms with Crippen molar-refractivity contribution in [2.24, 2.45) is 0 Å². The molecule has 0 saturated heterocycles. The predicted molar refractivity (Wildman–Crippen MR) is 100.0 cm³/mol. The second-order valence-electron chi connectivity index (χ2n) is 6.15. The van der Waals surface area contributed by atoms with Gasteiger partial charge in [-0.2, -0.15) is 0 Å². The van der Waals surface area contributed by atoms with Gasteiger partial charge < -0.3 is 14.5 Å². The molecule has 1 aromatic carbocycles. The highest BCUT2D eigenvalue weighted by atomic mass is 16.5. The third kappa shape index (κ3) is 4.21. The molecule has 0 fully saturated rings. The number of aromatic nitrogens is 5. The Kier molecular flexibility index (Phi) is 5.82. The molecule has 1 N–H and O–H groups in total. The summed E-state index contributed by atoms with van der Waals surface area (Å²) in [5, 5.41) is 10.8. The second-order valence-corrected chi connectivity index (χ2v) is 6.15. The van der Waals surface area contributed by atoms with Crippen LogP contribution in [0.4, 0.5) is 0 Å². The lowest BCUT2D eigenvalue weighted by Crippen LogP contribution is -2.18. The molecular weight excluding hydrogens is 378 g/mol. The Labute approximate surface area is 165 Å². The number of ketones is 1. The van der Waals surface area contributed by atoms with Gasteiger partial charge in [-0.05, 0) is 49.4 Å². The van der Waals surface area contributed by atoms with E-state index in [1.54, 1.807) is 45.0 Å². The molecule has 3 rings (SSSR count). The number of hydrogen-bond acceptors (Lipinski definition) is 8. The predicted octanol–water partition coefficient (Wildman–Crippen LogP) is 1.82. The van der Waals surface area contributed by atoms with Crippen LogP contribution in [-0.4, -0.2) is 56.1 Å². The van der Waals surface area contributed by atoms with E-state index in [-0.39, 0.29) is 23.3 Å². The van der Waals surface area contributed by atoms with Gasteiger partial charge in [0, 0.05) is 11.4 Å². The van der Waals surface area contributed by atoms with E-state index >= 15 is 0 Å². The first-order valence-electron chi connectivity index (χ1n) is 8.82. The molecule has 3 aromatic rings. The molecule has 0 bridgehead atoms. The molecule has 0 saturated carbocycles. The monoisotopic (exact) mass is 397 g/mol. The maximum atomic E-state index is 12.7. The molecule has 0 unspecified atom stereocenters. The van der Waals surface area contributed by atoms with Gasteiger partial charge >= 0.3 is 11.9 Å². The Balaban J connectivity index is 1.74. The van der Waals surface area contributed by atoms with Crippen LogP contribution in [0.5, 0.6) is 0 Å². The fraction of sp³-hybridized carbons (Fsp3) is 0.263. The van der Waals surface area contributed by atoms with E-state index in [0.717, 1.165) is 0 Å². The highest BCUT2D eigenvalue weighted by molar-refractivity contribution is 6.09. The zero-order valence-corrected chi connectivity index (χ0v) is 16.1. The van der Waals surface area contributed by atoms with Crippen molar-refractivity contribution in [1.82, 2.24) is 25.2 Å². The van der Waals surface area contributed by atoms with Crippen molar-refractivity contribution in [3.63, 3.8) is 0 Å². The number of Topliss-reactive ketones (excluding diaryl/α,β-unsaturated/α-hetero) is 1. The van der Waals surface area contributed by atoms with Crippen molar-refractivity contribution >= 4 is 17.7 Å². The van der Waals surface area contributed by atoms with Crippen molar-refractivity contribution in [2.45, 2.75) is 20.8 Å². The summed E-state index contributed by atoms with van der Waals surface area (Å²) in [6.45, 7) is 4.69. The van der Waals surface area contributed by atoms with Crippen molar-refractivity contribution in [2.75, 3.05) is 13.2 Å². The fourth-order valence-corrected chi connectivity index (χ4v) is 2.93. The van der Waals surface area contributed by atoms with Gasteiger partial charge in [-0.3, -0.25) is 4.79 Å². The van der Waals surface area contributed by atoms with E-state index < -0.39 is 24.3 Å². The zero-order chi connectivity index (χ0) is 21.0. The number of nitrogens with zero attached hydrogens (tertiary/aromatic N) is 4. The summed E-state index contributed by atoms with van der Waals surface area (Å²) in [5.74, 6) is -1.78. The van der Waals surface area contributed by atoms with Crippen molar-refractivity contribution in [3.8, 4) is 5.69 Å². The lowest BCUT2D eigenvalue weighted by molar-refractivity contribution is 0.0472. The van der Waals surface area contributed by atoms with E-state index in [0.29, 0.717) is 17.1 Å². The van der Waals surface area contributed by atoms with Crippen LogP contribution in [0.25, 0.3) is 5.69 Å². The molecule has 2 aromatic heterocycles. The molecule has 0 aliphatic heterocycles. The van der Waals surface area contributed by atoms with Crippen LogP contribution >= 0.6 is 0 Å². The molecular formula is C19H19N5O5. The Hall–Kier alpha value is -3.82. The van der Waals surface area contributed by atoms with Crippen LogP contribution in [0.2, 0.25) is 0 Å². The quantitative estimate of drug-likeness (QED) is 0.472. The third-order valence-corrected chi connectivity index (χ3v) is 4.16.